The van der Waals surface area contributed by atoms with Gasteiger partial charge in [-0.2, -0.15) is 0 Å². The van der Waals surface area contributed by atoms with E-state index in [1.54, 1.807) is 52.0 Å². The van der Waals surface area contributed by atoms with Crippen LogP contribution in [-0.2, 0) is 36.8 Å². The zero-order chi connectivity index (χ0) is 33.8. The molecular formula is C36H44ClN3O7. The molecular weight excluding hydrogens is 622 g/mol. The van der Waals surface area contributed by atoms with Crippen molar-refractivity contribution >= 4 is 35.5 Å². The zero-order valence-corrected chi connectivity index (χ0v) is 28.2. The number of amides is 3. The van der Waals surface area contributed by atoms with E-state index >= 15 is 0 Å². The molecule has 10 nitrogen and oxygen atoms in total. The molecule has 5 rings (SSSR count). The standard InChI is InChI=1S/C36H44ClN3O7/c1-5-45-33(43)36-21-25(36)12-9-7-6-8-10-15-29(38-34(44)47-35(2,3)4)32(42)40-22-23-16-17-28(46-27-14-11-13-26(37)20-27)18-24(23)19-30(40)31(41)39-36/h9,11-14,16-18,20,25,29-30H,5-8,10,15,19,21-22H2,1-4H3,(H,38,44)(H,39,41)/b12-9-/t25-,29-,30?,36+/m0/s1. The number of allylic oxidation sites excluding steroid dienone is 1. The minimum Gasteiger partial charge on any atom is -0.464 e. The van der Waals surface area contributed by atoms with E-state index in [0.717, 1.165) is 30.4 Å². The lowest BCUT2D eigenvalue weighted by molar-refractivity contribution is -0.151. The summed E-state index contributed by atoms with van der Waals surface area (Å²) in [4.78, 5) is 56.2. The Morgan fingerprint density at radius 1 is 1.06 bits per heavy atom. The second-order valence-electron chi connectivity index (χ2n) is 13.4. The lowest BCUT2D eigenvalue weighted by Gasteiger charge is -2.39. The highest BCUT2D eigenvalue weighted by Crippen LogP contribution is 2.46. The number of alkyl carbamates (subject to hydrolysis) is 1. The molecule has 0 radical (unpaired) electrons. The predicted octanol–water partition coefficient (Wildman–Crippen LogP) is 6.24. The lowest BCUT2D eigenvalue weighted by atomic mass is 9.91. The fourth-order valence-electron chi connectivity index (χ4n) is 6.22. The van der Waals surface area contributed by atoms with Gasteiger partial charge in [0.05, 0.1) is 6.61 Å². The van der Waals surface area contributed by atoms with Gasteiger partial charge >= 0.3 is 12.1 Å². The molecule has 3 amide bonds. The number of rotatable bonds is 5. The SMILES string of the molecule is CCOC(=O)[C@@]12C[C@@H]1/C=C\CCCCC[C@H](NC(=O)OC(C)(C)C)C(=O)N1Cc3ccc(Oc4cccc(Cl)c4)cc3CC1C(=O)N2. The number of ether oxygens (including phenoxy) is 3. The monoisotopic (exact) mass is 665 g/mol. The highest BCUT2D eigenvalue weighted by atomic mass is 35.5. The minimum atomic E-state index is -1.19. The highest BCUT2D eigenvalue weighted by Gasteiger charge is 2.62. The van der Waals surface area contributed by atoms with Crippen LogP contribution in [0.5, 0.6) is 11.5 Å². The van der Waals surface area contributed by atoms with E-state index in [2.05, 4.69) is 10.6 Å². The first-order valence-electron chi connectivity index (χ1n) is 16.4. The summed E-state index contributed by atoms with van der Waals surface area (Å²) in [5.74, 6) is -0.398. The summed E-state index contributed by atoms with van der Waals surface area (Å²) >= 11 is 6.15. The summed E-state index contributed by atoms with van der Waals surface area (Å²) in [6, 6.07) is 10.8. The summed E-state index contributed by atoms with van der Waals surface area (Å²) in [7, 11) is 0. The van der Waals surface area contributed by atoms with Crippen LogP contribution in [0.1, 0.15) is 77.3 Å². The van der Waals surface area contributed by atoms with Crippen molar-refractivity contribution in [1.29, 1.82) is 0 Å². The van der Waals surface area contributed by atoms with Gasteiger partial charge in [0, 0.05) is 23.9 Å². The molecule has 2 N–H and O–H groups in total. The minimum absolute atomic E-state index is 0.131. The van der Waals surface area contributed by atoms with Crippen LogP contribution in [0.3, 0.4) is 0 Å². The second kappa shape index (κ2) is 14.4. The molecule has 1 unspecified atom stereocenters. The van der Waals surface area contributed by atoms with Gasteiger partial charge in [-0.3, -0.25) is 9.59 Å². The number of carbonyl (C=O) groups is 4. The summed E-state index contributed by atoms with van der Waals surface area (Å²) in [5, 5.41) is 6.33. The van der Waals surface area contributed by atoms with E-state index in [0.29, 0.717) is 35.8 Å². The van der Waals surface area contributed by atoms with Crippen LogP contribution in [0.25, 0.3) is 0 Å². The van der Waals surface area contributed by atoms with Gasteiger partial charge in [0.15, 0.2) is 0 Å². The van der Waals surface area contributed by atoms with Crippen molar-refractivity contribution in [2.24, 2.45) is 5.92 Å². The Kier molecular flexibility index (Phi) is 10.5. The molecule has 47 heavy (non-hydrogen) atoms. The predicted molar refractivity (Wildman–Crippen MR) is 177 cm³/mol. The Labute approximate surface area is 281 Å². The van der Waals surface area contributed by atoms with Crippen LogP contribution in [0.15, 0.2) is 54.6 Å². The van der Waals surface area contributed by atoms with E-state index in [9.17, 15) is 19.2 Å². The van der Waals surface area contributed by atoms with E-state index < -0.39 is 41.2 Å². The molecule has 1 fully saturated rings. The molecule has 3 aliphatic rings. The van der Waals surface area contributed by atoms with Gasteiger partial charge in [-0.15, -0.1) is 0 Å². The van der Waals surface area contributed by atoms with Gasteiger partial charge in [-0.25, -0.2) is 9.59 Å². The van der Waals surface area contributed by atoms with Crippen LogP contribution in [0.4, 0.5) is 4.79 Å². The van der Waals surface area contributed by atoms with Gasteiger partial charge in [0.25, 0.3) is 0 Å². The largest absolute Gasteiger partial charge is 0.464 e. The van der Waals surface area contributed by atoms with Crippen molar-refractivity contribution in [3.63, 3.8) is 0 Å². The Morgan fingerprint density at radius 2 is 1.85 bits per heavy atom. The summed E-state index contributed by atoms with van der Waals surface area (Å²) in [5.41, 5.74) is -0.258. The molecule has 2 aromatic carbocycles. The number of nitrogens with one attached hydrogen (secondary N) is 2. The average molecular weight is 666 g/mol. The van der Waals surface area contributed by atoms with E-state index in [1.165, 1.54) is 4.90 Å². The van der Waals surface area contributed by atoms with Crippen LogP contribution in [-0.4, -0.2) is 58.6 Å². The number of esters is 1. The van der Waals surface area contributed by atoms with Crippen LogP contribution >= 0.6 is 11.6 Å². The van der Waals surface area contributed by atoms with Crippen LogP contribution < -0.4 is 15.4 Å². The third-order valence-electron chi connectivity index (χ3n) is 8.65. The van der Waals surface area contributed by atoms with Crippen molar-refractivity contribution < 1.29 is 33.4 Å². The van der Waals surface area contributed by atoms with Gasteiger partial charge in [0.2, 0.25) is 11.8 Å². The number of benzene rings is 2. The Balaban J connectivity index is 1.48. The third-order valence-corrected chi connectivity index (χ3v) is 8.88. The summed E-state index contributed by atoms with van der Waals surface area (Å²) < 4.78 is 17.0. The molecule has 2 aliphatic heterocycles. The molecule has 0 spiro atoms. The van der Waals surface area contributed by atoms with E-state index in [4.69, 9.17) is 25.8 Å². The Hall–Kier alpha value is -4.05. The van der Waals surface area contributed by atoms with Crippen molar-refractivity contribution in [2.45, 2.75) is 102 Å². The zero-order valence-electron chi connectivity index (χ0n) is 27.5. The topological polar surface area (TPSA) is 123 Å². The number of hydrogen-bond donors (Lipinski definition) is 2. The molecule has 0 bridgehead atoms. The lowest BCUT2D eigenvalue weighted by Crippen LogP contribution is -2.60. The van der Waals surface area contributed by atoms with Gasteiger partial charge in [-0.1, -0.05) is 48.7 Å². The molecule has 2 aromatic rings. The maximum Gasteiger partial charge on any atom is 0.408 e. The molecule has 11 heteroatoms. The van der Waals surface area contributed by atoms with Gasteiger partial charge < -0.3 is 29.7 Å². The molecule has 252 valence electrons. The molecule has 1 aliphatic carbocycles. The summed E-state index contributed by atoms with van der Waals surface area (Å²) in [6.07, 6.45) is 7.55. The molecule has 4 atom stereocenters. The number of halogens is 1. The fraction of sp³-hybridized carbons (Fsp3) is 0.500. The molecule has 0 saturated heterocycles. The van der Waals surface area contributed by atoms with Crippen LogP contribution in [0, 0.1) is 5.92 Å². The van der Waals surface area contributed by atoms with Crippen molar-refractivity contribution in [1.82, 2.24) is 15.5 Å². The second-order valence-corrected chi connectivity index (χ2v) is 13.9. The first kappa shape index (κ1) is 34.3. The maximum absolute atomic E-state index is 14.4. The first-order chi connectivity index (χ1) is 22.4. The normalized spacial score (nSPS) is 25.4. The average Bonchev–Trinajstić information content (AvgIpc) is 3.71. The maximum atomic E-state index is 14.4. The highest BCUT2D eigenvalue weighted by molar-refractivity contribution is 6.30. The Morgan fingerprint density at radius 3 is 2.60 bits per heavy atom. The fourth-order valence-corrected chi connectivity index (χ4v) is 6.40. The summed E-state index contributed by atoms with van der Waals surface area (Å²) in [6.45, 7) is 7.32. The quantitative estimate of drug-likeness (QED) is 0.286. The van der Waals surface area contributed by atoms with Gasteiger partial charge in [-0.05, 0) is 94.8 Å². The van der Waals surface area contributed by atoms with Gasteiger partial charge in [0.1, 0.15) is 34.7 Å². The third kappa shape index (κ3) is 8.46. The molecule has 2 heterocycles. The van der Waals surface area contributed by atoms with E-state index in [-0.39, 0.29) is 31.4 Å². The number of fused-ring (bicyclic) bond motifs is 3. The molecule has 0 aromatic heterocycles. The number of carbonyl (C=O) groups excluding carboxylic acids is 4. The number of hydrogen-bond acceptors (Lipinski definition) is 7. The van der Waals surface area contributed by atoms with Crippen molar-refractivity contribution in [2.75, 3.05) is 6.61 Å². The number of nitrogens with zero attached hydrogens (tertiary/aromatic N) is 1. The van der Waals surface area contributed by atoms with Crippen LogP contribution in [0.2, 0.25) is 5.02 Å². The molecule has 1 saturated carbocycles. The van der Waals surface area contributed by atoms with Crippen molar-refractivity contribution in [3.05, 3.63) is 70.8 Å². The van der Waals surface area contributed by atoms with E-state index in [1.807, 2.05) is 30.4 Å². The van der Waals surface area contributed by atoms with Crippen molar-refractivity contribution in [3.8, 4) is 11.5 Å². The Bertz CT molecular complexity index is 1540. The smallest absolute Gasteiger partial charge is 0.408 e. The first-order valence-corrected chi connectivity index (χ1v) is 16.8.